The van der Waals surface area contributed by atoms with Gasteiger partial charge in [-0.1, -0.05) is 216 Å². The molecular weight excluding hydrogens is 667 g/mol. The van der Waals surface area contributed by atoms with Crippen LogP contribution in [0.1, 0.15) is 232 Å². The fraction of sp³-hybridized carbons (Fsp3) is 0.816. The minimum absolute atomic E-state index is 0.382. The summed E-state index contributed by atoms with van der Waals surface area (Å²) < 4.78 is 0. The van der Waals surface area contributed by atoms with Crippen LogP contribution in [0.5, 0.6) is 0 Å². The molecule has 4 N–H and O–H groups in total. The first-order chi connectivity index (χ1) is 26.6. The van der Waals surface area contributed by atoms with Gasteiger partial charge in [-0.15, -0.1) is 0 Å². The largest absolute Gasteiger partial charge is 0.394 e. The summed E-state index contributed by atoms with van der Waals surface area (Å²) in [7, 11) is 0. The highest BCUT2D eigenvalue weighted by Crippen LogP contribution is 2.16. The van der Waals surface area contributed by atoms with Crippen molar-refractivity contribution in [3.05, 3.63) is 48.6 Å². The zero-order valence-corrected chi connectivity index (χ0v) is 35.8. The van der Waals surface area contributed by atoms with Gasteiger partial charge in [0.1, 0.15) is 6.10 Å². The zero-order valence-electron chi connectivity index (χ0n) is 35.8. The summed E-state index contributed by atoms with van der Waals surface area (Å²) in [6.45, 7) is 3.93. The third kappa shape index (κ3) is 38.6. The van der Waals surface area contributed by atoms with E-state index in [0.29, 0.717) is 6.42 Å². The summed E-state index contributed by atoms with van der Waals surface area (Å²) in [5, 5.41) is 32.9. The van der Waals surface area contributed by atoms with Gasteiger partial charge in [0.2, 0.25) is 5.91 Å². The minimum atomic E-state index is -1.11. The van der Waals surface area contributed by atoms with Gasteiger partial charge in [-0.3, -0.25) is 4.79 Å². The van der Waals surface area contributed by atoms with E-state index in [4.69, 9.17) is 0 Å². The van der Waals surface area contributed by atoms with Crippen LogP contribution in [0.15, 0.2) is 48.6 Å². The van der Waals surface area contributed by atoms with Crippen LogP contribution in [-0.4, -0.2) is 46.1 Å². The lowest BCUT2D eigenvalue weighted by molar-refractivity contribution is -0.131. The van der Waals surface area contributed by atoms with E-state index in [0.717, 1.165) is 44.9 Å². The van der Waals surface area contributed by atoms with Crippen LogP contribution < -0.4 is 5.32 Å². The van der Waals surface area contributed by atoms with E-state index < -0.39 is 24.2 Å². The Balaban J connectivity index is 3.50. The maximum atomic E-state index is 12.4. The van der Waals surface area contributed by atoms with Gasteiger partial charge < -0.3 is 20.6 Å². The molecule has 0 saturated heterocycles. The second-order valence-corrected chi connectivity index (χ2v) is 16.0. The number of carbonyl (C=O) groups excluding carboxylic acids is 1. The number of aliphatic hydroxyl groups is 3. The normalized spacial score (nSPS) is 13.9. The Morgan fingerprint density at radius 3 is 1.24 bits per heavy atom. The Morgan fingerprint density at radius 2 is 0.833 bits per heavy atom. The summed E-state index contributed by atoms with van der Waals surface area (Å²) >= 11 is 0. The molecule has 5 nitrogen and oxygen atoms in total. The highest BCUT2D eigenvalue weighted by molar-refractivity contribution is 5.80. The van der Waals surface area contributed by atoms with Crippen molar-refractivity contribution in [3.8, 4) is 0 Å². The molecule has 0 spiro atoms. The predicted octanol–water partition coefficient (Wildman–Crippen LogP) is 13.7. The third-order valence-corrected chi connectivity index (χ3v) is 10.7. The van der Waals surface area contributed by atoms with Crippen molar-refractivity contribution in [1.82, 2.24) is 5.32 Å². The number of carbonyl (C=O) groups is 1. The second-order valence-electron chi connectivity index (χ2n) is 16.0. The molecule has 0 aliphatic heterocycles. The lowest BCUT2D eigenvalue weighted by atomic mass is 10.0. The number of hydrogen-bond acceptors (Lipinski definition) is 4. The standard InChI is InChI=1S/C49H91NO4/c1-3-5-7-9-11-13-14-15-16-17-18-19-20-21-22-23-24-25-26-27-28-29-30-31-32-33-34-36-38-40-42-44-48(53)49(54)50-46(45-51)47(52)43-41-39-37-35-12-10-8-6-4-2/h4,6,12,21-22,35,41,43,46-48,51-53H,3,5,7-11,13-20,23-34,36-40,42,44-45H2,1-2H3,(H,50,54)/b6-4+,22-21-,35-12+,43-41+. The molecule has 54 heavy (non-hydrogen) atoms. The maximum absolute atomic E-state index is 12.4. The van der Waals surface area contributed by atoms with Gasteiger partial charge in [0.15, 0.2) is 0 Å². The number of rotatable bonds is 42. The summed E-state index contributed by atoms with van der Waals surface area (Å²) in [5.41, 5.74) is 0. The van der Waals surface area contributed by atoms with E-state index in [-0.39, 0.29) is 6.61 Å². The molecule has 0 aromatic heterocycles. The fourth-order valence-electron chi connectivity index (χ4n) is 7.04. The molecule has 3 atom stereocenters. The SMILES string of the molecule is C/C=C/CC/C=C/CC/C=C/C(O)C(CO)NC(=O)C(O)CCCCCCCCCCCCCCCCC/C=C\CCCCCCCCCCCCCC. The average Bonchev–Trinajstić information content (AvgIpc) is 3.18. The van der Waals surface area contributed by atoms with Crippen molar-refractivity contribution in [3.63, 3.8) is 0 Å². The molecular formula is C49H91NO4. The van der Waals surface area contributed by atoms with E-state index in [2.05, 4.69) is 48.7 Å². The number of aliphatic hydroxyl groups excluding tert-OH is 3. The number of nitrogens with one attached hydrogen (secondary N) is 1. The molecule has 0 rings (SSSR count). The fourth-order valence-corrected chi connectivity index (χ4v) is 7.04. The van der Waals surface area contributed by atoms with Crippen LogP contribution in [-0.2, 0) is 4.79 Å². The molecule has 316 valence electrons. The van der Waals surface area contributed by atoms with Crippen LogP contribution in [0.3, 0.4) is 0 Å². The molecule has 5 heteroatoms. The molecule has 0 aromatic rings. The maximum Gasteiger partial charge on any atom is 0.249 e. The highest BCUT2D eigenvalue weighted by atomic mass is 16.3. The molecule has 0 aliphatic carbocycles. The monoisotopic (exact) mass is 758 g/mol. The van der Waals surface area contributed by atoms with Crippen molar-refractivity contribution in [2.75, 3.05) is 6.61 Å². The molecule has 0 fully saturated rings. The molecule has 0 heterocycles. The molecule has 0 aromatic carbocycles. The van der Waals surface area contributed by atoms with E-state index in [1.54, 1.807) is 6.08 Å². The quantitative estimate of drug-likeness (QED) is 0.0369. The minimum Gasteiger partial charge on any atom is -0.394 e. The van der Waals surface area contributed by atoms with Gasteiger partial charge in [-0.05, 0) is 64.7 Å². The average molecular weight is 758 g/mol. The number of hydrogen-bond donors (Lipinski definition) is 4. The van der Waals surface area contributed by atoms with Gasteiger partial charge in [0.05, 0.1) is 18.8 Å². The Kier molecular flexibility index (Phi) is 42.7. The number of allylic oxidation sites excluding steroid dienone is 7. The molecule has 3 unspecified atom stereocenters. The van der Waals surface area contributed by atoms with Crippen LogP contribution in [0.25, 0.3) is 0 Å². The smallest absolute Gasteiger partial charge is 0.249 e. The van der Waals surface area contributed by atoms with Gasteiger partial charge in [-0.2, -0.15) is 0 Å². The van der Waals surface area contributed by atoms with Crippen molar-refractivity contribution < 1.29 is 20.1 Å². The molecule has 1 amide bonds. The Bertz CT molecular complexity index is 881. The lowest BCUT2D eigenvalue weighted by Crippen LogP contribution is -2.48. The van der Waals surface area contributed by atoms with Gasteiger partial charge in [-0.25, -0.2) is 0 Å². The van der Waals surface area contributed by atoms with E-state index in [1.165, 1.54) is 167 Å². The van der Waals surface area contributed by atoms with Crippen molar-refractivity contribution >= 4 is 5.91 Å². The van der Waals surface area contributed by atoms with Crippen molar-refractivity contribution in [1.29, 1.82) is 0 Å². The van der Waals surface area contributed by atoms with Gasteiger partial charge >= 0.3 is 0 Å². The second kappa shape index (κ2) is 44.0. The summed E-state index contributed by atoms with van der Waals surface area (Å²) in [4.78, 5) is 12.4. The molecule has 0 bridgehead atoms. The topological polar surface area (TPSA) is 89.8 Å². The number of amides is 1. The Labute approximate surface area is 336 Å². The number of unbranched alkanes of at least 4 members (excludes halogenated alkanes) is 29. The molecule has 0 radical (unpaired) electrons. The highest BCUT2D eigenvalue weighted by Gasteiger charge is 2.22. The van der Waals surface area contributed by atoms with Crippen molar-refractivity contribution in [2.45, 2.75) is 250 Å². The summed E-state index contributed by atoms with van der Waals surface area (Å²) in [5.74, 6) is -0.520. The van der Waals surface area contributed by atoms with E-state index in [9.17, 15) is 20.1 Å². The lowest BCUT2D eigenvalue weighted by Gasteiger charge is -2.21. The van der Waals surface area contributed by atoms with Crippen LogP contribution >= 0.6 is 0 Å². The first-order valence-electron chi connectivity index (χ1n) is 23.4. The molecule has 0 saturated carbocycles. The molecule has 0 aliphatic rings. The zero-order chi connectivity index (χ0) is 39.4. The third-order valence-electron chi connectivity index (χ3n) is 10.7. The first kappa shape index (κ1) is 52.3. The first-order valence-corrected chi connectivity index (χ1v) is 23.4. The van der Waals surface area contributed by atoms with Crippen LogP contribution in [0, 0.1) is 0 Å². The van der Waals surface area contributed by atoms with E-state index >= 15 is 0 Å². The van der Waals surface area contributed by atoms with Crippen molar-refractivity contribution in [2.24, 2.45) is 0 Å². The van der Waals surface area contributed by atoms with E-state index in [1.807, 2.05) is 13.0 Å². The van der Waals surface area contributed by atoms with Crippen LogP contribution in [0.2, 0.25) is 0 Å². The summed E-state index contributed by atoms with van der Waals surface area (Å²) in [6.07, 6.45) is 57.7. The summed E-state index contributed by atoms with van der Waals surface area (Å²) in [6, 6.07) is -0.819. The Morgan fingerprint density at radius 1 is 0.481 bits per heavy atom. The predicted molar refractivity (Wildman–Crippen MR) is 236 cm³/mol. The van der Waals surface area contributed by atoms with Gasteiger partial charge in [0, 0.05) is 0 Å². The van der Waals surface area contributed by atoms with Gasteiger partial charge in [0.25, 0.3) is 0 Å². The van der Waals surface area contributed by atoms with Crippen LogP contribution in [0.4, 0.5) is 0 Å². The Hall–Kier alpha value is -1.69.